The van der Waals surface area contributed by atoms with Crippen LogP contribution in [-0.4, -0.2) is 48.9 Å². The van der Waals surface area contributed by atoms with Crippen LogP contribution in [0.25, 0.3) is 10.2 Å². The molecular formula is C18H23N3OS. The number of fused-ring (bicyclic) bond motifs is 1. The van der Waals surface area contributed by atoms with Crippen LogP contribution in [0.2, 0.25) is 0 Å². The maximum absolute atomic E-state index is 5.64. The molecule has 2 aliphatic rings. The number of aromatic nitrogens is 1. The van der Waals surface area contributed by atoms with Gasteiger partial charge >= 0.3 is 0 Å². The van der Waals surface area contributed by atoms with E-state index in [9.17, 15) is 0 Å². The molecule has 0 amide bonds. The molecule has 1 unspecified atom stereocenters. The molecule has 3 heterocycles. The summed E-state index contributed by atoms with van der Waals surface area (Å²) in [6, 6.07) is 6.92. The Hall–Kier alpha value is -1.30. The van der Waals surface area contributed by atoms with E-state index in [0.717, 1.165) is 44.2 Å². The van der Waals surface area contributed by atoms with E-state index in [1.807, 2.05) is 0 Å². The third kappa shape index (κ3) is 3.05. The van der Waals surface area contributed by atoms with Crippen molar-refractivity contribution in [3.05, 3.63) is 28.8 Å². The second-order valence-electron chi connectivity index (χ2n) is 6.74. The topological polar surface area (TPSA) is 37.7 Å². The van der Waals surface area contributed by atoms with Gasteiger partial charge < -0.3 is 4.74 Å². The molecule has 0 bridgehead atoms. The van der Waals surface area contributed by atoms with Gasteiger partial charge in [0.05, 0.1) is 29.5 Å². The number of thiazole rings is 1. The van der Waals surface area contributed by atoms with E-state index in [-0.39, 0.29) is 6.04 Å². The monoisotopic (exact) mass is 329 g/mol. The SMILES string of the molecule is C[C@H]1CCC(c2ccc3sc(C4COCCN4C)nc3c2)=NC1. The highest BCUT2D eigenvalue weighted by atomic mass is 32.1. The van der Waals surface area contributed by atoms with Gasteiger partial charge in [-0.3, -0.25) is 9.89 Å². The van der Waals surface area contributed by atoms with Crippen LogP contribution in [0, 0.1) is 5.92 Å². The summed E-state index contributed by atoms with van der Waals surface area (Å²) < 4.78 is 6.89. The van der Waals surface area contributed by atoms with Crippen molar-refractivity contribution in [2.24, 2.45) is 10.9 Å². The van der Waals surface area contributed by atoms with Gasteiger partial charge in [0, 0.05) is 18.8 Å². The molecule has 0 radical (unpaired) electrons. The minimum absolute atomic E-state index is 0.289. The Balaban J connectivity index is 1.64. The summed E-state index contributed by atoms with van der Waals surface area (Å²) in [6.45, 7) is 5.77. The number of likely N-dealkylation sites (N-methyl/N-ethyl adjacent to an activating group) is 1. The van der Waals surface area contributed by atoms with Crippen molar-refractivity contribution in [2.75, 3.05) is 33.4 Å². The summed E-state index contributed by atoms with van der Waals surface area (Å²) >= 11 is 1.79. The molecular weight excluding hydrogens is 306 g/mol. The number of morpholine rings is 1. The molecule has 2 atom stereocenters. The molecule has 4 nitrogen and oxygen atoms in total. The fourth-order valence-electron chi connectivity index (χ4n) is 3.27. The van der Waals surface area contributed by atoms with E-state index >= 15 is 0 Å². The Bertz CT molecular complexity index is 739. The van der Waals surface area contributed by atoms with E-state index in [2.05, 4.69) is 37.1 Å². The number of ether oxygens (including phenoxy) is 1. The van der Waals surface area contributed by atoms with Crippen molar-refractivity contribution in [1.82, 2.24) is 9.88 Å². The van der Waals surface area contributed by atoms with Crippen molar-refractivity contribution in [3.63, 3.8) is 0 Å². The van der Waals surface area contributed by atoms with Crippen molar-refractivity contribution >= 4 is 27.3 Å². The van der Waals surface area contributed by atoms with Crippen LogP contribution < -0.4 is 0 Å². The zero-order valence-corrected chi connectivity index (χ0v) is 14.6. The van der Waals surface area contributed by atoms with E-state index in [4.69, 9.17) is 14.7 Å². The summed E-state index contributed by atoms with van der Waals surface area (Å²) in [7, 11) is 2.16. The van der Waals surface area contributed by atoms with Crippen LogP contribution in [0.4, 0.5) is 0 Å². The predicted octanol–water partition coefficient (Wildman–Crippen LogP) is 3.52. The Morgan fingerprint density at radius 2 is 2.26 bits per heavy atom. The third-order valence-electron chi connectivity index (χ3n) is 4.89. The van der Waals surface area contributed by atoms with Crippen molar-refractivity contribution < 1.29 is 4.74 Å². The maximum Gasteiger partial charge on any atom is 0.113 e. The highest BCUT2D eigenvalue weighted by molar-refractivity contribution is 7.18. The minimum atomic E-state index is 0.289. The summed E-state index contributed by atoms with van der Waals surface area (Å²) in [4.78, 5) is 12.0. The minimum Gasteiger partial charge on any atom is -0.378 e. The van der Waals surface area contributed by atoms with Gasteiger partial charge in [-0.2, -0.15) is 0 Å². The van der Waals surface area contributed by atoms with Crippen LogP contribution in [0.5, 0.6) is 0 Å². The molecule has 1 aromatic heterocycles. The van der Waals surface area contributed by atoms with Crippen LogP contribution in [0.3, 0.4) is 0 Å². The lowest BCUT2D eigenvalue weighted by molar-refractivity contribution is 0.00506. The number of rotatable bonds is 2. The van der Waals surface area contributed by atoms with E-state index in [1.165, 1.54) is 27.4 Å². The van der Waals surface area contributed by atoms with Gasteiger partial charge in [-0.05, 0) is 43.5 Å². The summed E-state index contributed by atoms with van der Waals surface area (Å²) in [5.74, 6) is 0.718. The first kappa shape index (κ1) is 15.2. The molecule has 122 valence electrons. The van der Waals surface area contributed by atoms with Gasteiger partial charge in [0.25, 0.3) is 0 Å². The molecule has 0 N–H and O–H groups in total. The second-order valence-corrected chi connectivity index (χ2v) is 7.80. The summed E-state index contributed by atoms with van der Waals surface area (Å²) in [5.41, 5.74) is 3.59. The second kappa shape index (κ2) is 6.30. The Morgan fingerprint density at radius 3 is 3.04 bits per heavy atom. The van der Waals surface area contributed by atoms with Gasteiger partial charge in [0.15, 0.2) is 0 Å². The highest BCUT2D eigenvalue weighted by Crippen LogP contribution is 2.31. The number of hydrogen-bond donors (Lipinski definition) is 0. The van der Waals surface area contributed by atoms with Crippen molar-refractivity contribution in [2.45, 2.75) is 25.8 Å². The molecule has 0 saturated carbocycles. The summed E-state index contributed by atoms with van der Waals surface area (Å²) in [6.07, 6.45) is 2.33. The fraction of sp³-hybridized carbons (Fsp3) is 0.556. The predicted molar refractivity (Wildman–Crippen MR) is 95.6 cm³/mol. The first-order valence-electron chi connectivity index (χ1n) is 8.43. The lowest BCUT2D eigenvalue weighted by atomic mass is 9.96. The quantitative estimate of drug-likeness (QED) is 0.846. The standard InChI is InChI=1S/C18H23N3OS/c1-12-3-5-14(19-10-12)13-4-6-17-15(9-13)20-18(23-17)16-11-22-8-7-21(16)2/h4,6,9,12,16H,3,5,7-8,10-11H2,1-2H3/t12-,16?/m0/s1. The number of nitrogens with zero attached hydrogens (tertiary/aromatic N) is 3. The molecule has 0 aliphatic carbocycles. The molecule has 1 saturated heterocycles. The highest BCUT2D eigenvalue weighted by Gasteiger charge is 2.24. The van der Waals surface area contributed by atoms with Crippen LogP contribution in [0.1, 0.15) is 36.4 Å². The summed E-state index contributed by atoms with van der Waals surface area (Å²) in [5, 5.41) is 1.17. The molecule has 0 spiro atoms. The number of hydrogen-bond acceptors (Lipinski definition) is 5. The smallest absolute Gasteiger partial charge is 0.113 e. The number of benzene rings is 1. The third-order valence-corrected chi connectivity index (χ3v) is 6.02. The van der Waals surface area contributed by atoms with E-state index in [1.54, 1.807) is 11.3 Å². The lowest BCUT2D eigenvalue weighted by Crippen LogP contribution is -2.36. The maximum atomic E-state index is 5.64. The molecule has 5 heteroatoms. The van der Waals surface area contributed by atoms with Gasteiger partial charge in [0.1, 0.15) is 5.01 Å². The molecule has 1 fully saturated rings. The molecule has 2 aliphatic heterocycles. The first-order valence-corrected chi connectivity index (χ1v) is 9.24. The zero-order valence-electron chi connectivity index (χ0n) is 13.8. The van der Waals surface area contributed by atoms with Gasteiger partial charge in [-0.25, -0.2) is 4.98 Å². The normalized spacial score (nSPS) is 26.4. The average molecular weight is 329 g/mol. The van der Waals surface area contributed by atoms with Gasteiger partial charge in [-0.15, -0.1) is 11.3 Å². The Labute approximate surface area is 141 Å². The van der Waals surface area contributed by atoms with Crippen LogP contribution in [0.15, 0.2) is 23.2 Å². The Kier molecular flexibility index (Phi) is 4.18. The van der Waals surface area contributed by atoms with Gasteiger partial charge in [-0.1, -0.05) is 13.0 Å². The molecule has 1 aromatic carbocycles. The molecule has 4 rings (SSSR count). The van der Waals surface area contributed by atoms with E-state index < -0.39 is 0 Å². The first-order chi connectivity index (χ1) is 11.2. The Morgan fingerprint density at radius 1 is 1.35 bits per heavy atom. The fourth-order valence-corrected chi connectivity index (χ4v) is 4.37. The van der Waals surface area contributed by atoms with Crippen molar-refractivity contribution in [1.29, 1.82) is 0 Å². The average Bonchev–Trinajstić information content (AvgIpc) is 2.99. The largest absolute Gasteiger partial charge is 0.378 e. The molecule has 2 aromatic rings. The zero-order chi connectivity index (χ0) is 15.8. The van der Waals surface area contributed by atoms with E-state index in [0.29, 0.717) is 0 Å². The van der Waals surface area contributed by atoms with Crippen LogP contribution >= 0.6 is 11.3 Å². The van der Waals surface area contributed by atoms with Crippen molar-refractivity contribution in [3.8, 4) is 0 Å². The van der Waals surface area contributed by atoms with Gasteiger partial charge in [0.2, 0.25) is 0 Å². The van der Waals surface area contributed by atoms with Crippen LogP contribution in [-0.2, 0) is 4.74 Å². The molecule has 23 heavy (non-hydrogen) atoms. The lowest BCUT2D eigenvalue weighted by Gasteiger charge is -2.30. The number of aliphatic imine (C=N–C) groups is 1.